The predicted molar refractivity (Wildman–Crippen MR) is 365 cm³/mol. The van der Waals surface area contributed by atoms with Gasteiger partial charge < -0.3 is 14.4 Å². The van der Waals surface area contributed by atoms with Crippen LogP contribution in [0.1, 0.15) is 30.5 Å². The number of anilines is 6. The van der Waals surface area contributed by atoms with E-state index in [1.165, 1.54) is 66.4 Å². The van der Waals surface area contributed by atoms with Crippen molar-refractivity contribution in [1.82, 2.24) is 4.57 Å². The molecule has 1 heterocycles. The smallest absolute Gasteiger partial charge is 0.0541 e. The summed E-state index contributed by atoms with van der Waals surface area (Å²) in [6, 6.07) is 115. The second-order valence-electron chi connectivity index (χ2n) is 23.0. The van der Waals surface area contributed by atoms with Crippen LogP contribution >= 0.6 is 0 Å². The Morgan fingerprint density at radius 3 is 1.02 bits per heavy atom. The Bertz CT molecular complexity index is 4690. The van der Waals surface area contributed by atoms with Crippen molar-refractivity contribution < 1.29 is 0 Å². The molecule has 1 aliphatic rings. The lowest BCUT2D eigenvalue weighted by Gasteiger charge is -2.28. The third kappa shape index (κ3) is 9.37. The van der Waals surface area contributed by atoms with Crippen molar-refractivity contribution in [2.75, 3.05) is 9.80 Å². The monoisotopic (exact) mass is 1100 g/mol. The lowest BCUT2D eigenvalue weighted by Crippen LogP contribution is -2.16. The summed E-state index contributed by atoms with van der Waals surface area (Å²) in [5, 5.41) is 2.39. The summed E-state index contributed by atoms with van der Waals surface area (Å²) in [4.78, 5) is 4.76. The van der Waals surface area contributed by atoms with E-state index in [1.807, 2.05) is 6.08 Å². The van der Waals surface area contributed by atoms with Gasteiger partial charge in [-0.3, -0.25) is 0 Å². The molecule has 0 saturated carbocycles. The molecule has 0 unspecified atom stereocenters. The number of hydrogen-bond acceptors (Lipinski definition) is 2. The average molecular weight is 1100 g/mol. The lowest BCUT2D eigenvalue weighted by molar-refractivity contribution is 0.660. The number of nitrogens with zero attached hydrogens (tertiary/aromatic N) is 3. The molecule has 408 valence electrons. The molecule has 1 aromatic heterocycles. The van der Waals surface area contributed by atoms with Gasteiger partial charge in [-0.2, -0.15) is 0 Å². The Labute approximate surface area is 503 Å². The van der Waals surface area contributed by atoms with Crippen LogP contribution in [0.4, 0.5) is 34.1 Å². The Kier molecular flexibility index (Phi) is 13.0. The molecule has 0 bridgehead atoms. The van der Waals surface area contributed by atoms with Gasteiger partial charge in [0.2, 0.25) is 0 Å². The van der Waals surface area contributed by atoms with Crippen LogP contribution in [-0.2, 0) is 5.41 Å². The molecule has 86 heavy (non-hydrogen) atoms. The van der Waals surface area contributed by atoms with Gasteiger partial charge >= 0.3 is 0 Å². The van der Waals surface area contributed by atoms with E-state index in [0.29, 0.717) is 0 Å². The summed E-state index contributed by atoms with van der Waals surface area (Å²) in [5.41, 5.74) is 28.1. The van der Waals surface area contributed by atoms with Crippen LogP contribution in [-0.4, -0.2) is 4.57 Å². The van der Waals surface area contributed by atoms with Crippen molar-refractivity contribution >= 4 is 62.0 Å². The highest BCUT2D eigenvalue weighted by atomic mass is 15.1. The van der Waals surface area contributed by atoms with Crippen molar-refractivity contribution in [3.63, 3.8) is 0 Å². The van der Waals surface area contributed by atoms with E-state index in [2.05, 4.69) is 350 Å². The number of hydrogen-bond donors (Lipinski definition) is 0. The average Bonchev–Trinajstić information content (AvgIpc) is 2.54. The van der Waals surface area contributed by atoms with Gasteiger partial charge in [-0.05, 0) is 193 Å². The predicted octanol–water partition coefficient (Wildman–Crippen LogP) is 23.0. The Balaban J connectivity index is 0.798. The van der Waals surface area contributed by atoms with Crippen molar-refractivity contribution in [2.24, 2.45) is 0 Å². The maximum absolute atomic E-state index is 4.04. The van der Waals surface area contributed by atoms with Crippen LogP contribution in [0.25, 0.3) is 100 Å². The maximum atomic E-state index is 4.04. The zero-order chi connectivity index (χ0) is 57.7. The Morgan fingerprint density at radius 1 is 0.291 bits per heavy atom. The SMILES string of the molecule is C=Cc1ccc(-n2c3ccc(-c4ccc(N(c5ccc(-c6ccccc6)cc5)c5ccc(-c6ccccc6)cc5)cc4)cc3c3cc(-c4ccc(N(c5ccc(-c6ccccc6)cc5)c5ccc6c(c5)C(C)(C)c5ccccc5-6)cc4)ccc32)cc1. The molecular weight excluding hydrogens is 1040 g/mol. The van der Waals surface area contributed by atoms with E-state index >= 15 is 0 Å². The molecule has 13 aromatic carbocycles. The van der Waals surface area contributed by atoms with Gasteiger partial charge in [0.25, 0.3) is 0 Å². The van der Waals surface area contributed by atoms with Crippen molar-refractivity contribution in [1.29, 1.82) is 0 Å². The molecule has 0 spiro atoms. The first-order valence-electron chi connectivity index (χ1n) is 29.7. The highest BCUT2D eigenvalue weighted by Crippen LogP contribution is 2.51. The topological polar surface area (TPSA) is 11.4 Å². The van der Waals surface area contributed by atoms with E-state index in [-0.39, 0.29) is 5.41 Å². The molecule has 15 rings (SSSR count). The molecule has 0 saturated heterocycles. The Hall–Kier alpha value is -11.0. The molecule has 0 N–H and O–H groups in total. The first-order valence-corrected chi connectivity index (χ1v) is 29.7. The van der Waals surface area contributed by atoms with Crippen LogP contribution in [0.15, 0.2) is 322 Å². The van der Waals surface area contributed by atoms with Gasteiger partial charge in [0, 0.05) is 56.0 Å². The lowest BCUT2D eigenvalue weighted by atomic mass is 9.82. The second kappa shape index (κ2) is 21.6. The molecule has 0 atom stereocenters. The van der Waals surface area contributed by atoms with Gasteiger partial charge in [0.15, 0.2) is 0 Å². The standard InChI is InChI=1S/C83H61N3/c1-4-57-24-38-73(39-25-57)86-81-52-36-66(64-32-46-70(47-33-64)84(68-40-26-61(27-41-68)58-16-8-5-9-17-58)69-42-28-62(29-43-69)59-18-10-6-11-19-59)54-77(81)78-55-67(37-53-82(78)86)65-34-48-72(49-35-65)85(71-44-30-63(31-45-71)60-20-12-7-13-21-60)74-50-51-76-75-22-14-15-23-79(75)83(2,3)80(76)56-74/h4-56H,1H2,2-3H3. The van der Waals surface area contributed by atoms with Crippen LogP contribution in [0.3, 0.4) is 0 Å². The molecular formula is C83H61N3. The zero-order valence-corrected chi connectivity index (χ0v) is 48.1. The molecule has 3 heteroatoms. The normalized spacial score (nSPS) is 12.2. The third-order valence-corrected chi connectivity index (χ3v) is 17.6. The fraction of sp³-hybridized carbons (Fsp3) is 0.0361. The first-order chi connectivity index (χ1) is 42.3. The van der Waals surface area contributed by atoms with Crippen LogP contribution in [0, 0.1) is 0 Å². The van der Waals surface area contributed by atoms with Crippen molar-refractivity contribution in [3.8, 4) is 72.4 Å². The van der Waals surface area contributed by atoms with Crippen LogP contribution in [0.2, 0.25) is 0 Å². The molecule has 0 amide bonds. The molecule has 3 nitrogen and oxygen atoms in total. The molecule has 14 aromatic rings. The fourth-order valence-corrected chi connectivity index (χ4v) is 13.1. The van der Waals surface area contributed by atoms with Gasteiger partial charge in [0.1, 0.15) is 0 Å². The van der Waals surface area contributed by atoms with E-state index < -0.39 is 0 Å². The van der Waals surface area contributed by atoms with E-state index in [0.717, 1.165) is 78.7 Å². The highest BCUT2D eigenvalue weighted by molar-refractivity contribution is 6.12. The zero-order valence-electron chi connectivity index (χ0n) is 48.1. The van der Waals surface area contributed by atoms with Gasteiger partial charge in [-0.1, -0.05) is 233 Å². The molecule has 1 aliphatic carbocycles. The summed E-state index contributed by atoms with van der Waals surface area (Å²) in [5.74, 6) is 0. The molecule has 0 radical (unpaired) electrons. The minimum absolute atomic E-state index is 0.132. The summed E-state index contributed by atoms with van der Waals surface area (Å²) < 4.78 is 2.40. The number of aromatic nitrogens is 1. The summed E-state index contributed by atoms with van der Waals surface area (Å²) >= 11 is 0. The first kappa shape index (κ1) is 51.8. The van der Waals surface area contributed by atoms with Crippen LogP contribution in [0.5, 0.6) is 0 Å². The summed E-state index contributed by atoms with van der Waals surface area (Å²) in [7, 11) is 0. The van der Waals surface area contributed by atoms with E-state index in [9.17, 15) is 0 Å². The van der Waals surface area contributed by atoms with E-state index in [1.54, 1.807) is 0 Å². The van der Waals surface area contributed by atoms with E-state index in [4.69, 9.17) is 0 Å². The quantitative estimate of drug-likeness (QED) is 0.114. The Morgan fingerprint density at radius 2 is 0.616 bits per heavy atom. The van der Waals surface area contributed by atoms with Gasteiger partial charge in [0.05, 0.1) is 11.0 Å². The molecule has 0 aliphatic heterocycles. The van der Waals surface area contributed by atoms with Crippen molar-refractivity contribution in [3.05, 3.63) is 339 Å². The minimum atomic E-state index is -0.132. The number of benzene rings is 13. The minimum Gasteiger partial charge on any atom is -0.311 e. The summed E-state index contributed by atoms with van der Waals surface area (Å²) in [6.45, 7) is 8.76. The molecule has 0 fully saturated rings. The number of fused-ring (bicyclic) bond motifs is 6. The number of rotatable bonds is 13. The van der Waals surface area contributed by atoms with Gasteiger partial charge in [-0.15, -0.1) is 0 Å². The fourth-order valence-electron chi connectivity index (χ4n) is 13.1. The second-order valence-corrected chi connectivity index (χ2v) is 23.0. The summed E-state index contributed by atoms with van der Waals surface area (Å²) in [6.07, 6.45) is 1.90. The maximum Gasteiger partial charge on any atom is 0.0541 e. The van der Waals surface area contributed by atoms with Crippen molar-refractivity contribution in [2.45, 2.75) is 19.3 Å². The van der Waals surface area contributed by atoms with Crippen LogP contribution < -0.4 is 9.80 Å². The highest BCUT2D eigenvalue weighted by Gasteiger charge is 2.36. The largest absolute Gasteiger partial charge is 0.311 e. The van der Waals surface area contributed by atoms with Gasteiger partial charge in [-0.25, -0.2) is 0 Å². The third-order valence-electron chi connectivity index (χ3n) is 17.6.